The van der Waals surface area contributed by atoms with E-state index < -0.39 is 10.0 Å². The lowest BCUT2D eigenvalue weighted by molar-refractivity contribution is -0.115. The Hall–Kier alpha value is -3.20. The molecule has 0 aliphatic carbocycles. The van der Waals surface area contributed by atoms with Crippen LogP contribution in [0.1, 0.15) is 24.2 Å². The Balaban J connectivity index is 1.44. The van der Waals surface area contributed by atoms with Crippen LogP contribution in [-0.2, 0) is 34.2 Å². The zero-order valence-corrected chi connectivity index (χ0v) is 17.4. The first-order chi connectivity index (χ1) is 14.4. The van der Waals surface area contributed by atoms with Crippen molar-refractivity contribution in [2.75, 3.05) is 16.3 Å². The highest BCUT2D eigenvalue weighted by molar-refractivity contribution is 7.92. The van der Waals surface area contributed by atoms with Crippen LogP contribution in [0.3, 0.4) is 0 Å². The van der Waals surface area contributed by atoms with E-state index in [0.29, 0.717) is 16.9 Å². The van der Waals surface area contributed by atoms with E-state index in [9.17, 15) is 13.2 Å². The third kappa shape index (κ3) is 4.68. The van der Waals surface area contributed by atoms with Crippen molar-refractivity contribution in [1.82, 2.24) is 14.8 Å². The highest BCUT2D eigenvalue weighted by Gasteiger charge is 2.17. The number of aromatic nitrogens is 3. The maximum absolute atomic E-state index is 12.5. The number of sulfonamides is 1. The smallest absolute Gasteiger partial charge is 0.229 e. The molecule has 0 unspecified atom stereocenters. The summed E-state index contributed by atoms with van der Waals surface area (Å²) < 4.78 is 27.7. The van der Waals surface area contributed by atoms with Crippen LogP contribution in [0.5, 0.6) is 0 Å². The van der Waals surface area contributed by atoms with Gasteiger partial charge in [0.05, 0.1) is 18.4 Å². The molecule has 2 N–H and O–H groups in total. The summed E-state index contributed by atoms with van der Waals surface area (Å²) in [6.45, 7) is 0.928. The minimum atomic E-state index is -3.42. The van der Waals surface area contributed by atoms with Crippen LogP contribution in [0, 0.1) is 0 Å². The number of nitrogens with zero attached hydrogens (tertiary/aromatic N) is 3. The molecule has 0 radical (unpaired) electrons. The summed E-state index contributed by atoms with van der Waals surface area (Å²) in [5.41, 5.74) is 2.63. The van der Waals surface area contributed by atoms with Gasteiger partial charge in [-0.25, -0.2) is 8.42 Å². The third-order valence-corrected chi connectivity index (χ3v) is 5.54. The molecule has 0 saturated carbocycles. The maximum Gasteiger partial charge on any atom is 0.229 e. The zero-order chi connectivity index (χ0) is 21.1. The quantitative estimate of drug-likeness (QED) is 0.632. The zero-order valence-electron chi connectivity index (χ0n) is 16.6. The van der Waals surface area contributed by atoms with Gasteiger partial charge in [0.1, 0.15) is 5.82 Å². The average Bonchev–Trinajstić information content (AvgIpc) is 3.13. The van der Waals surface area contributed by atoms with Crippen LogP contribution in [0.15, 0.2) is 48.5 Å². The normalized spacial score (nSPS) is 13.5. The van der Waals surface area contributed by atoms with Crippen molar-refractivity contribution in [3.63, 3.8) is 0 Å². The minimum Gasteiger partial charge on any atom is -0.326 e. The van der Waals surface area contributed by atoms with E-state index in [2.05, 4.69) is 24.8 Å². The number of aryl methyl sites for hydroxylation is 1. The van der Waals surface area contributed by atoms with Gasteiger partial charge in [-0.1, -0.05) is 18.2 Å². The number of hydrogen-bond donors (Lipinski definition) is 2. The topological polar surface area (TPSA) is 106 Å². The first-order valence-electron chi connectivity index (χ1n) is 9.77. The lowest BCUT2D eigenvalue weighted by Gasteiger charge is -2.15. The lowest BCUT2D eigenvalue weighted by Crippen LogP contribution is -2.17. The second-order valence-electron chi connectivity index (χ2n) is 7.38. The number of nitrogens with one attached hydrogen (secondary N) is 2. The van der Waals surface area contributed by atoms with Crippen molar-refractivity contribution in [3.05, 3.63) is 59.9 Å². The Morgan fingerprint density at radius 3 is 2.60 bits per heavy atom. The molecular formula is C21H23N5O3S. The number of carbonyl (C=O) groups excluding carboxylic acids is 1. The number of fused-ring (bicyclic) bond motifs is 1. The summed E-state index contributed by atoms with van der Waals surface area (Å²) in [6, 6.07) is 14.3. The number of amides is 1. The van der Waals surface area contributed by atoms with E-state index >= 15 is 0 Å². The Bertz CT molecular complexity index is 1170. The van der Waals surface area contributed by atoms with Gasteiger partial charge in [-0.3, -0.25) is 9.52 Å². The SMILES string of the molecule is CS(=O)(=O)Nc1ccccc1CC(=O)Nc1ccc(-c2nnc3n2CCCC3)cc1. The van der Waals surface area contributed by atoms with E-state index in [1.807, 2.05) is 24.3 Å². The van der Waals surface area contributed by atoms with Crippen LogP contribution < -0.4 is 10.0 Å². The number of hydrogen-bond acceptors (Lipinski definition) is 5. The molecule has 8 nitrogen and oxygen atoms in total. The molecule has 4 rings (SSSR count). The standard InChI is InChI=1S/C21H23N5O3S/c1-30(28,29)25-18-7-3-2-6-16(18)14-20(27)22-17-11-9-15(10-12-17)21-24-23-19-8-4-5-13-26(19)21/h2-3,6-7,9-12,25H,4-5,8,13-14H2,1H3,(H,22,27). The number of anilines is 2. The largest absolute Gasteiger partial charge is 0.326 e. The summed E-state index contributed by atoms with van der Waals surface area (Å²) in [5.74, 6) is 1.64. The number of rotatable bonds is 6. The fraction of sp³-hybridized carbons (Fsp3) is 0.286. The molecule has 9 heteroatoms. The van der Waals surface area contributed by atoms with E-state index in [1.54, 1.807) is 24.3 Å². The Labute approximate surface area is 175 Å². The number of carbonyl (C=O) groups is 1. The van der Waals surface area contributed by atoms with Gasteiger partial charge >= 0.3 is 0 Å². The van der Waals surface area contributed by atoms with Crippen LogP contribution in [-0.4, -0.2) is 35.3 Å². The van der Waals surface area contributed by atoms with Gasteiger partial charge < -0.3 is 9.88 Å². The molecule has 0 atom stereocenters. The molecule has 1 amide bonds. The van der Waals surface area contributed by atoms with E-state index in [-0.39, 0.29) is 12.3 Å². The van der Waals surface area contributed by atoms with E-state index in [0.717, 1.165) is 49.3 Å². The molecule has 0 spiro atoms. The van der Waals surface area contributed by atoms with Crippen molar-refractivity contribution in [2.24, 2.45) is 0 Å². The predicted molar refractivity (Wildman–Crippen MR) is 116 cm³/mol. The van der Waals surface area contributed by atoms with Crippen molar-refractivity contribution in [3.8, 4) is 11.4 Å². The van der Waals surface area contributed by atoms with Crippen molar-refractivity contribution in [2.45, 2.75) is 32.2 Å². The van der Waals surface area contributed by atoms with Crippen molar-refractivity contribution < 1.29 is 13.2 Å². The van der Waals surface area contributed by atoms with Gasteiger partial charge in [0, 0.05) is 24.2 Å². The monoisotopic (exact) mass is 425 g/mol. The highest BCUT2D eigenvalue weighted by Crippen LogP contribution is 2.24. The summed E-state index contributed by atoms with van der Waals surface area (Å²) >= 11 is 0. The number of para-hydroxylation sites is 1. The van der Waals surface area contributed by atoms with Gasteiger partial charge in [0.2, 0.25) is 15.9 Å². The maximum atomic E-state index is 12.5. The van der Waals surface area contributed by atoms with Crippen LogP contribution >= 0.6 is 0 Å². The van der Waals surface area contributed by atoms with Crippen molar-refractivity contribution in [1.29, 1.82) is 0 Å². The molecule has 2 heterocycles. The second kappa shape index (κ2) is 8.27. The fourth-order valence-corrected chi connectivity index (χ4v) is 4.17. The average molecular weight is 426 g/mol. The summed E-state index contributed by atoms with van der Waals surface area (Å²) in [5, 5.41) is 11.5. The lowest BCUT2D eigenvalue weighted by atomic mass is 10.1. The second-order valence-corrected chi connectivity index (χ2v) is 9.13. The molecule has 1 aliphatic rings. The molecule has 0 saturated heterocycles. The minimum absolute atomic E-state index is 0.0537. The van der Waals surface area contributed by atoms with Gasteiger partial charge in [-0.2, -0.15) is 0 Å². The highest BCUT2D eigenvalue weighted by atomic mass is 32.2. The van der Waals surface area contributed by atoms with Gasteiger partial charge in [-0.15, -0.1) is 10.2 Å². The van der Waals surface area contributed by atoms with Gasteiger partial charge in [0.15, 0.2) is 5.82 Å². The van der Waals surface area contributed by atoms with E-state index in [4.69, 9.17) is 0 Å². The Morgan fingerprint density at radius 1 is 1.07 bits per heavy atom. The van der Waals surface area contributed by atoms with Crippen LogP contribution in [0.4, 0.5) is 11.4 Å². The summed E-state index contributed by atoms with van der Waals surface area (Å²) in [4.78, 5) is 12.5. The molecule has 30 heavy (non-hydrogen) atoms. The number of benzene rings is 2. The molecule has 0 bridgehead atoms. The Morgan fingerprint density at radius 2 is 1.83 bits per heavy atom. The predicted octanol–water partition coefficient (Wildman–Crippen LogP) is 2.83. The molecule has 1 aromatic heterocycles. The fourth-order valence-electron chi connectivity index (χ4n) is 3.58. The molecule has 3 aromatic rings. The molecular weight excluding hydrogens is 402 g/mol. The van der Waals surface area contributed by atoms with Gasteiger partial charge in [-0.05, 0) is 48.7 Å². The molecule has 1 aliphatic heterocycles. The third-order valence-electron chi connectivity index (χ3n) is 4.95. The molecule has 156 valence electrons. The molecule has 0 fully saturated rings. The van der Waals surface area contributed by atoms with Crippen molar-refractivity contribution >= 4 is 27.3 Å². The van der Waals surface area contributed by atoms with E-state index in [1.165, 1.54) is 0 Å². The first kappa shape index (κ1) is 20.1. The van der Waals surface area contributed by atoms with Crippen LogP contribution in [0.2, 0.25) is 0 Å². The van der Waals surface area contributed by atoms with Gasteiger partial charge in [0.25, 0.3) is 0 Å². The summed E-state index contributed by atoms with van der Waals surface area (Å²) in [6.07, 6.45) is 4.36. The summed E-state index contributed by atoms with van der Waals surface area (Å²) in [7, 11) is -3.42. The molecule has 2 aromatic carbocycles. The Kier molecular flexibility index (Phi) is 5.54. The first-order valence-corrected chi connectivity index (χ1v) is 11.7. The van der Waals surface area contributed by atoms with Crippen LogP contribution in [0.25, 0.3) is 11.4 Å².